The molecule has 2 aliphatic rings. The van der Waals surface area contributed by atoms with Crippen LogP contribution in [0.5, 0.6) is 0 Å². The molecule has 18 heavy (non-hydrogen) atoms. The predicted octanol–water partition coefficient (Wildman–Crippen LogP) is 1.56. The summed E-state index contributed by atoms with van der Waals surface area (Å²) < 4.78 is 4.78. The molecule has 0 spiro atoms. The quantitative estimate of drug-likeness (QED) is 0.778. The monoisotopic (exact) mass is 255 g/mol. The van der Waals surface area contributed by atoms with Crippen LogP contribution < -0.4 is 0 Å². The summed E-state index contributed by atoms with van der Waals surface area (Å²) >= 11 is 0. The highest BCUT2D eigenvalue weighted by molar-refractivity contribution is 5.76. The number of ether oxygens (including phenoxy) is 1. The van der Waals surface area contributed by atoms with E-state index in [2.05, 4.69) is 18.7 Å². The van der Waals surface area contributed by atoms with Crippen LogP contribution in [0.2, 0.25) is 0 Å². The number of rotatable bonds is 3. The fourth-order valence-corrected chi connectivity index (χ4v) is 2.96. The lowest BCUT2D eigenvalue weighted by Gasteiger charge is -2.47. The van der Waals surface area contributed by atoms with Crippen LogP contribution in [-0.2, 0) is 9.53 Å². The highest BCUT2D eigenvalue weighted by Crippen LogP contribution is 2.41. The lowest BCUT2D eigenvalue weighted by atomic mass is 9.70. The zero-order chi connectivity index (χ0) is 13.4. The number of hydrogen-bond donors (Lipinski definition) is 1. The molecule has 1 unspecified atom stereocenters. The number of esters is 1. The van der Waals surface area contributed by atoms with Crippen molar-refractivity contribution in [3.63, 3.8) is 0 Å². The molecule has 0 aromatic carbocycles. The maximum atomic E-state index is 11.5. The Hall–Kier alpha value is -0.610. The average molecular weight is 255 g/mol. The molecule has 0 aromatic heterocycles. The number of carbonyl (C=O) groups excluding carboxylic acids is 1. The lowest BCUT2D eigenvalue weighted by Crippen LogP contribution is -2.58. The molecule has 1 saturated heterocycles. The topological polar surface area (TPSA) is 49.8 Å². The maximum absolute atomic E-state index is 11.5. The van der Waals surface area contributed by atoms with Gasteiger partial charge < -0.3 is 9.84 Å². The van der Waals surface area contributed by atoms with Gasteiger partial charge in [0.25, 0.3) is 0 Å². The van der Waals surface area contributed by atoms with E-state index in [1.807, 2.05) is 0 Å². The summed E-state index contributed by atoms with van der Waals surface area (Å²) in [6.45, 7) is 6.02. The van der Waals surface area contributed by atoms with Gasteiger partial charge in [0.2, 0.25) is 0 Å². The normalized spacial score (nSPS) is 30.6. The van der Waals surface area contributed by atoms with Gasteiger partial charge in [-0.2, -0.15) is 0 Å². The highest BCUT2D eigenvalue weighted by Gasteiger charge is 2.43. The smallest absolute Gasteiger partial charge is 0.323 e. The third-order valence-corrected chi connectivity index (χ3v) is 4.64. The Morgan fingerprint density at radius 2 is 1.94 bits per heavy atom. The second kappa shape index (κ2) is 4.82. The van der Waals surface area contributed by atoms with E-state index in [9.17, 15) is 9.90 Å². The minimum Gasteiger partial charge on any atom is -0.468 e. The van der Waals surface area contributed by atoms with Gasteiger partial charge in [-0.3, -0.25) is 9.69 Å². The van der Waals surface area contributed by atoms with Crippen molar-refractivity contribution in [3.8, 4) is 0 Å². The number of methoxy groups -OCH3 is 1. The number of likely N-dealkylation sites (tertiary alicyclic amines) is 1. The summed E-state index contributed by atoms with van der Waals surface area (Å²) in [4.78, 5) is 13.6. The summed E-state index contributed by atoms with van der Waals surface area (Å²) in [6, 6.07) is -0.131. The lowest BCUT2D eigenvalue weighted by molar-refractivity contribution is -0.155. The van der Waals surface area contributed by atoms with Gasteiger partial charge in [-0.1, -0.05) is 13.8 Å². The van der Waals surface area contributed by atoms with Gasteiger partial charge in [-0.25, -0.2) is 0 Å². The van der Waals surface area contributed by atoms with Crippen molar-refractivity contribution in [3.05, 3.63) is 0 Å². The van der Waals surface area contributed by atoms with E-state index in [1.54, 1.807) is 0 Å². The summed E-state index contributed by atoms with van der Waals surface area (Å²) in [5.74, 6) is -0.166. The first-order valence-corrected chi connectivity index (χ1v) is 6.90. The number of β-amino-alcohol motifs (C(OH)–C–C–N with tert-alkyl or cyclic N) is 1. The van der Waals surface area contributed by atoms with E-state index in [0.29, 0.717) is 12.0 Å². The van der Waals surface area contributed by atoms with Crippen LogP contribution in [0.15, 0.2) is 0 Å². The molecule has 0 radical (unpaired) electrons. The average Bonchev–Trinajstić information content (AvgIpc) is 2.29. The largest absolute Gasteiger partial charge is 0.468 e. The van der Waals surface area contributed by atoms with E-state index in [0.717, 1.165) is 38.6 Å². The maximum Gasteiger partial charge on any atom is 0.323 e. The molecule has 2 rings (SSSR count). The van der Waals surface area contributed by atoms with Gasteiger partial charge in [0, 0.05) is 13.1 Å². The van der Waals surface area contributed by atoms with Gasteiger partial charge in [0.1, 0.15) is 6.04 Å². The van der Waals surface area contributed by atoms with Crippen LogP contribution in [0.25, 0.3) is 0 Å². The van der Waals surface area contributed by atoms with Crippen LogP contribution in [-0.4, -0.2) is 47.8 Å². The van der Waals surface area contributed by atoms with Gasteiger partial charge in [-0.05, 0) is 37.5 Å². The van der Waals surface area contributed by atoms with E-state index in [-0.39, 0.29) is 12.0 Å². The Morgan fingerprint density at radius 3 is 2.39 bits per heavy atom. The highest BCUT2D eigenvalue weighted by atomic mass is 16.5. The van der Waals surface area contributed by atoms with Gasteiger partial charge >= 0.3 is 5.97 Å². The Bertz CT molecular complexity index is 317. The molecule has 4 heteroatoms. The van der Waals surface area contributed by atoms with E-state index < -0.39 is 5.60 Å². The van der Waals surface area contributed by atoms with Crippen LogP contribution in [0.4, 0.5) is 0 Å². The second-order valence-electron chi connectivity index (χ2n) is 6.69. The molecule has 0 aromatic rings. The molecule has 1 atom stereocenters. The summed E-state index contributed by atoms with van der Waals surface area (Å²) in [5.41, 5.74) is -0.259. The molecule has 0 bridgehead atoms. The Kier molecular flexibility index (Phi) is 3.70. The molecular weight excluding hydrogens is 230 g/mol. The molecule has 104 valence electrons. The fraction of sp³-hybridized carbons (Fsp3) is 0.929. The van der Waals surface area contributed by atoms with E-state index in [1.165, 1.54) is 7.11 Å². The SMILES string of the molecule is COC(=O)C1CCN1CC1(O)CCC(C)(C)CC1. The van der Waals surface area contributed by atoms with Crippen LogP contribution in [0.3, 0.4) is 0 Å². The van der Waals surface area contributed by atoms with Crippen molar-refractivity contribution in [1.82, 2.24) is 4.90 Å². The van der Waals surface area contributed by atoms with Gasteiger partial charge in [0.15, 0.2) is 0 Å². The first-order chi connectivity index (χ1) is 8.35. The van der Waals surface area contributed by atoms with Gasteiger partial charge in [-0.15, -0.1) is 0 Å². The molecule has 1 heterocycles. The molecule has 2 fully saturated rings. The van der Waals surface area contributed by atoms with Gasteiger partial charge in [0.05, 0.1) is 12.7 Å². The van der Waals surface area contributed by atoms with Crippen LogP contribution in [0, 0.1) is 5.41 Å². The van der Waals surface area contributed by atoms with Crippen molar-refractivity contribution in [2.24, 2.45) is 5.41 Å². The number of hydrogen-bond acceptors (Lipinski definition) is 4. The third kappa shape index (κ3) is 2.86. The number of nitrogens with zero attached hydrogens (tertiary/aromatic N) is 1. The van der Waals surface area contributed by atoms with Crippen molar-refractivity contribution in [2.45, 2.75) is 57.6 Å². The number of carbonyl (C=O) groups is 1. The molecular formula is C14H25NO3. The molecule has 1 saturated carbocycles. The molecule has 1 aliphatic carbocycles. The molecule has 1 aliphatic heterocycles. The minimum atomic E-state index is -0.609. The second-order valence-corrected chi connectivity index (χ2v) is 6.69. The Balaban J connectivity index is 1.88. The summed E-state index contributed by atoms with van der Waals surface area (Å²) in [5, 5.41) is 10.6. The standard InChI is InChI=1S/C14H25NO3/c1-13(2)5-7-14(17,8-6-13)10-15-9-4-11(15)12(16)18-3/h11,17H,4-10H2,1-3H3. The van der Waals surface area contributed by atoms with E-state index in [4.69, 9.17) is 4.74 Å². The van der Waals surface area contributed by atoms with Crippen molar-refractivity contribution < 1.29 is 14.6 Å². The zero-order valence-electron chi connectivity index (χ0n) is 11.7. The third-order valence-electron chi connectivity index (χ3n) is 4.64. The van der Waals surface area contributed by atoms with Crippen molar-refractivity contribution in [1.29, 1.82) is 0 Å². The molecule has 4 nitrogen and oxygen atoms in total. The minimum absolute atomic E-state index is 0.131. The fourth-order valence-electron chi connectivity index (χ4n) is 2.96. The Morgan fingerprint density at radius 1 is 1.33 bits per heavy atom. The molecule has 0 amide bonds. The van der Waals surface area contributed by atoms with Crippen LogP contribution in [0.1, 0.15) is 46.0 Å². The van der Waals surface area contributed by atoms with Crippen molar-refractivity contribution in [2.75, 3.05) is 20.2 Å². The first kappa shape index (κ1) is 13.8. The summed E-state index contributed by atoms with van der Waals surface area (Å²) in [7, 11) is 1.43. The van der Waals surface area contributed by atoms with Crippen molar-refractivity contribution >= 4 is 5.97 Å². The summed E-state index contributed by atoms with van der Waals surface area (Å²) in [6.07, 6.45) is 4.64. The Labute approximate surface area is 109 Å². The zero-order valence-corrected chi connectivity index (χ0v) is 11.7. The molecule has 1 N–H and O–H groups in total. The number of aliphatic hydroxyl groups is 1. The van der Waals surface area contributed by atoms with E-state index >= 15 is 0 Å². The first-order valence-electron chi connectivity index (χ1n) is 6.90. The van der Waals surface area contributed by atoms with Crippen LogP contribution >= 0.6 is 0 Å². The predicted molar refractivity (Wildman–Crippen MR) is 69.2 cm³/mol.